The third kappa shape index (κ3) is 4.07. The molecule has 1 aliphatic carbocycles. The normalized spacial score (nSPS) is 16.9. The van der Waals surface area contributed by atoms with Gasteiger partial charge in [-0.2, -0.15) is 0 Å². The Morgan fingerprint density at radius 3 is 2.85 bits per heavy atom. The molecule has 0 spiro atoms. The van der Waals surface area contributed by atoms with Gasteiger partial charge in [-0.25, -0.2) is 4.79 Å². The van der Waals surface area contributed by atoms with E-state index in [0.29, 0.717) is 11.8 Å². The number of carbonyl (C=O) groups is 1. The molecule has 1 aromatic carbocycles. The van der Waals surface area contributed by atoms with Crippen LogP contribution in [0.15, 0.2) is 42.6 Å². The SMILES string of the molecule is CN(C(=O)Oc1ccc2c(c1)CCN2Cc1ccccn1)C1CCCCC1. The molecule has 2 heterocycles. The van der Waals surface area contributed by atoms with Crippen molar-refractivity contribution in [3.8, 4) is 5.75 Å². The summed E-state index contributed by atoms with van der Waals surface area (Å²) in [6.07, 6.45) is 8.39. The molecular weight excluding hydrogens is 338 g/mol. The lowest BCUT2D eigenvalue weighted by Gasteiger charge is -2.30. The summed E-state index contributed by atoms with van der Waals surface area (Å²) in [7, 11) is 1.86. The Bertz CT molecular complexity index is 787. The second kappa shape index (κ2) is 7.99. The van der Waals surface area contributed by atoms with Crippen molar-refractivity contribution in [2.24, 2.45) is 0 Å². The van der Waals surface area contributed by atoms with Gasteiger partial charge in [0.25, 0.3) is 0 Å². The molecule has 4 rings (SSSR count). The van der Waals surface area contributed by atoms with Gasteiger partial charge >= 0.3 is 6.09 Å². The number of aromatic nitrogens is 1. The fraction of sp³-hybridized carbons (Fsp3) is 0.455. The summed E-state index contributed by atoms with van der Waals surface area (Å²) in [5.74, 6) is 0.640. The van der Waals surface area contributed by atoms with Crippen LogP contribution in [0, 0.1) is 0 Å². The molecule has 0 N–H and O–H groups in total. The Morgan fingerprint density at radius 2 is 2.07 bits per heavy atom. The number of benzene rings is 1. The van der Waals surface area contributed by atoms with Gasteiger partial charge in [0, 0.05) is 31.5 Å². The lowest BCUT2D eigenvalue weighted by atomic mass is 9.95. The van der Waals surface area contributed by atoms with E-state index in [2.05, 4.69) is 22.0 Å². The maximum Gasteiger partial charge on any atom is 0.415 e. The summed E-state index contributed by atoms with van der Waals surface area (Å²) in [6, 6.07) is 12.3. The van der Waals surface area contributed by atoms with Crippen LogP contribution in [0.1, 0.15) is 43.4 Å². The van der Waals surface area contributed by atoms with Crippen LogP contribution in [0.25, 0.3) is 0 Å². The lowest BCUT2D eigenvalue weighted by Crippen LogP contribution is -2.39. The second-order valence-electron chi connectivity index (χ2n) is 7.55. The summed E-state index contributed by atoms with van der Waals surface area (Å²) in [4.78, 5) is 21.0. The van der Waals surface area contributed by atoms with E-state index in [4.69, 9.17) is 4.74 Å². The van der Waals surface area contributed by atoms with Crippen LogP contribution < -0.4 is 9.64 Å². The maximum absolute atomic E-state index is 12.5. The number of carbonyl (C=O) groups excluding carboxylic acids is 1. The van der Waals surface area contributed by atoms with Crippen LogP contribution in [-0.4, -0.2) is 35.6 Å². The first-order valence-electron chi connectivity index (χ1n) is 9.93. The van der Waals surface area contributed by atoms with Crippen LogP contribution in [0.5, 0.6) is 5.75 Å². The molecule has 0 saturated heterocycles. The molecule has 2 aliphatic rings. The minimum atomic E-state index is -0.245. The molecule has 1 saturated carbocycles. The van der Waals surface area contributed by atoms with Crippen LogP contribution in [0.3, 0.4) is 0 Å². The fourth-order valence-corrected chi connectivity index (χ4v) is 4.15. The quantitative estimate of drug-likeness (QED) is 0.805. The van der Waals surface area contributed by atoms with Crippen LogP contribution in [0.4, 0.5) is 10.5 Å². The van der Waals surface area contributed by atoms with E-state index < -0.39 is 0 Å². The van der Waals surface area contributed by atoms with E-state index >= 15 is 0 Å². The predicted octanol–water partition coefficient (Wildman–Crippen LogP) is 4.41. The Kier molecular flexibility index (Phi) is 5.28. The number of anilines is 1. The standard InChI is InChI=1S/C22H27N3O2/c1-24(19-8-3-2-4-9-19)22(26)27-20-10-11-21-17(15-20)12-14-25(21)16-18-7-5-6-13-23-18/h5-7,10-11,13,15,19H,2-4,8-9,12,14,16H2,1H3. The number of hydrogen-bond donors (Lipinski definition) is 0. The van der Waals surface area contributed by atoms with Gasteiger partial charge in [-0.3, -0.25) is 4.98 Å². The summed E-state index contributed by atoms with van der Waals surface area (Å²) in [5.41, 5.74) is 3.51. The van der Waals surface area contributed by atoms with Crippen LogP contribution in [0.2, 0.25) is 0 Å². The molecule has 0 radical (unpaired) electrons. The van der Waals surface area contributed by atoms with Crippen molar-refractivity contribution in [2.75, 3.05) is 18.5 Å². The first kappa shape index (κ1) is 17.8. The lowest BCUT2D eigenvalue weighted by molar-refractivity contribution is 0.133. The smallest absolute Gasteiger partial charge is 0.410 e. The molecule has 1 fully saturated rings. The van der Waals surface area contributed by atoms with Crippen molar-refractivity contribution in [1.29, 1.82) is 0 Å². The average Bonchev–Trinajstić information content (AvgIpc) is 3.11. The number of nitrogens with zero attached hydrogens (tertiary/aromatic N) is 3. The van der Waals surface area contributed by atoms with Gasteiger partial charge in [0.1, 0.15) is 5.75 Å². The largest absolute Gasteiger partial charge is 0.415 e. The van der Waals surface area contributed by atoms with Crippen molar-refractivity contribution in [3.05, 3.63) is 53.9 Å². The molecule has 0 atom stereocenters. The third-order valence-corrected chi connectivity index (χ3v) is 5.74. The van der Waals surface area contributed by atoms with E-state index in [0.717, 1.165) is 38.0 Å². The molecule has 0 unspecified atom stereocenters. The average molecular weight is 365 g/mol. The Balaban J connectivity index is 1.40. The fourth-order valence-electron chi connectivity index (χ4n) is 4.15. The topological polar surface area (TPSA) is 45.7 Å². The van der Waals surface area contributed by atoms with Gasteiger partial charge in [0.05, 0.1) is 12.2 Å². The monoisotopic (exact) mass is 365 g/mol. The minimum absolute atomic E-state index is 0.245. The molecule has 2 aromatic rings. The number of pyridine rings is 1. The zero-order chi connectivity index (χ0) is 18.6. The van der Waals surface area contributed by atoms with Crippen LogP contribution in [-0.2, 0) is 13.0 Å². The summed E-state index contributed by atoms with van der Waals surface area (Å²) in [5, 5.41) is 0. The van der Waals surface area contributed by atoms with E-state index in [-0.39, 0.29) is 6.09 Å². The molecule has 1 aliphatic heterocycles. The Hall–Kier alpha value is -2.56. The number of amides is 1. The second-order valence-corrected chi connectivity index (χ2v) is 7.55. The first-order chi connectivity index (χ1) is 13.2. The van der Waals surface area contributed by atoms with E-state index in [1.807, 2.05) is 37.5 Å². The molecule has 1 amide bonds. The highest BCUT2D eigenvalue weighted by atomic mass is 16.6. The zero-order valence-corrected chi connectivity index (χ0v) is 15.9. The Labute approximate surface area is 161 Å². The highest BCUT2D eigenvalue weighted by Gasteiger charge is 2.25. The van der Waals surface area contributed by atoms with Crippen molar-refractivity contribution in [2.45, 2.75) is 51.1 Å². The van der Waals surface area contributed by atoms with Gasteiger partial charge in [-0.1, -0.05) is 25.3 Å². The molecule has 0 bridgehead atoms. The first-order valence-corrected chi connectivity index (χ1v) is 9.93. The summed E-state index contributed by atoms with van der Waals surface area (Å²) >= 11 is 0. The van der Waals surface area contributed by atoms with Gasteiger partial charge in [0.15, 0.2) is 0 Å². The number of fused-ring (bicyclic) bond motifs is 1. The highest BCUT2D eigenvalue weighted by molar-refractivity contribution is 5.71. The van der Waals surface area contributed by atoms with Crippen molar-refractivity contribution < 1.29 is 9.53 Å². The van der Waals surface area contributed by atoms with E-state index in [1.54, 1.807) is 4.90 Å². The molecule has 27 heavy (non-hydrogen) atoms. The molecule has 5 nitrogen and oxygen atoms in total. The Morgan fingerprint density at radius 1 is 1.22 bits per heavy atom. The van der Waals surface area contributed by atoms with Gasteiger partial charge < -0.3 is 14.5 Å². The third-order valence-electron chi connectivity index (χ3n) is 5.74. The van der Waals surface area contributed by atoms with Gasteiger partial charge in [-0.05, 0) is 55.2 Å². The van der Waals surface area contributed by atoms with E-state index in [9.17, 15) is 4.79 Å². The molecule has 5 heteroatoms. The minimum Gasteiger partial charge on any atom is -0.410 e. The predicted molar refractivity (Wildman–Crippen MR) is 106 cm³/mol. The summed E-state index contributed by atoms with van der Waals surface area (Å²) < 4.78 is 5.66. The van der Waals surface area contributed by atoms with Crippen molar-refractivity contribution in [1.82, 2.24) is 9.88 Å². The van der Waals surface area contributed by atoms with Gasteiger partial charge in [-0.15, -0.1) is 0 Å². The maximum atomic E-state index is 12.5. The van der Waals surface area contributed by atoms with E-state index in [1.165, 1.54) is 30.5 Å². The highest BCUT2D eigenvalue weighted by Crippen LogP contribution is 2.32. The molecule has 1 aromatic heterocycles. The van der Waals surface area contributed by atoms with Crippen molar-refractivity contribution >= 4 is 11.8 Å². The number of rotatable bonds is 4. The van der Waals surface area contributed by atoms with Gasteiger partial charge in [0.2, 0.25) is 0 Å². The van der Waals surface area contributed by atoms with Crippen LogP contribution >= 0.6 is 0 Å². The number of ether oxygens (including phenoxy) is 1. The molecular formula is C22H27N3O2. The number of hydrogen-bond acceptors (Lipinski definition) is 4. The van der Waals surface area contributed by atoms with Crippen molar-refractivity contribution in [3.63, 3.8) is 0 Å². The zero-order valence-electron chi connectivity index (χ0n) is 15.9. The summed E-state index contributed by atoms with van der Waals surface area (Å²) in [6.45, 7) is 1.77. The molecule has 142 valence electrons.